The zero-order valence-electron chi connectivity index (χ0n) is 12.7. The number of hydrogen-bond acceptors (Lipinski definition) is 2. The van der Waals surface area contributed by atoms with E-state index in [-0.39, 0.29) is 12.3 Å². The van der Waals surface area contributed by atoms with Crippen LogP contribution in [-0.2, 0) is 11.2 Å². The highest BCUT2D eigenvalue weighted by molar-refractivity contribution is 9.10. The minimum atomic E-state index is -0.353. The van der Waals surface area contributed by atoms with E-state index in [1.54, 1.807) is 13.2 Å². The molecule has 0 fully saturated rings. The smallest absolute Gasteiger partial charge is 0.221 e. The van der Waals surface area contributed by atoms with Crippen molar-refractivity contribution in [3.63, 3.8) is 0 Å². The summed E-state index contributed by atoms with van der Waals surface area (Å²) in [5.74, 6) is 1.14. The minimum absolute atomic E-state index is 0.220. The second-order valence-electron chi connectivity index (χ2n) is 5.16. The zero-order chi connectivity index (χ0) is 15.7. The SMILES string of the molecule is C=C(C)CC(C)C.COc1ccc(Br)c(CC(N)=O)c1. The lowest BCUT2D eigenvalue weighted by Gasteiger charge is -2.04. The molecule has 0 atom stereocenters. The van der Waals surface area contributed by atoms with Gasteiger partial charge in [0.25, 0.3) is 0 Å². The Labute approximate surface area is 130 Å². The van der Waals surface area contributed by atoms with Gasteiger partial charge in [0.15, 0.2) is 0 Å². The number of ether oxygens (including phenoxy) is 1. The van der Waals surface area contributed by atoms with Gasteiger partial charge in [-0.1, -0.05) is 35.4 Å². The molecule has 4 heteroatoms. The number of rotatable bonds is 5. The van der Waals surface area contributed by atoms with E-state index in [1.165, 1.54) is 12.0 Å². The van der Waals surface area contributed by atoms with Crippen LogP contribution in [0.3, 0.4) is 0 Å². The predicted molar refractivity (Wildman–Crippen MR) is 87.9 cm³/mol. The molecule has 0 saturated carbocycles. The number of amides is 1. The Morgan fingerprint density at radius 2 is 2.05 bits per heavy atom. The Morgan fingerprint density at radius 1 is 1.45 bits per heavy atom. The molecule has 0 heterocycles. The Kier molecular flexibility index (Phi) is 8.97. The first kappa shape index (κ1) is 18.7. The molecule has 0 aliphatic carbocycles. The highest BCUT2D eigenvalue weighted by Crippen LogP contribution is 2.22. The van der Waals surface area contributed by atoms with Crippen molar-refractivity contribution >= 4 is 21.8 Å². The van der Waals surface area contributed by atoms with Crippen LogP contribution in [0.25, 0.3) is 0 Å². The molecular weight excluding hydrogens is 318 g/mol. The summed E-state index contributed by atoms with van der Waals surface area (Å²) < 4.78 is 5.89. The Morgan fingerprint density at radius 3 is 2.40 bits per heavy atom. The van der Waals surface area contributed by atoms with Crippen molar-refractivity contribution in [1.29, 1.82) is 0 Å². The second kappa shape index (κ2) is 9.59. The zero-order valence-corrected chi connectivity index (χ0v) is 14.3. The van der Waals surface area contributed by atoms with Crippen molar-refractivity contribution in [3.8, 4) is 5.75 Å². The summed E-state index contributed by atoms with van der Waals surface area (Å²) in [4.78, 5) is 10.7. The molecule has 1 aromatic rings. The Bertz CT molecular complexity index is 456. The third-order valence-corrected chi connectivity index (χ3v) is 3.15. The average Bonchev–Trinajstić information content (AvgIpc) is 2.30. The van der Waals surface area contributed by atoms with Crippen LogP contribution in [0.2, 0.25) is 0 Å². The summed E-state index contributed by atoms with van der Waals surface area (Å²) in [7, 11) is 1.58. The first-order chi connectivity index (χ1) is 9.26. The first-order valence-corrected chi connectivity index (χ1v) is 7.30. The number of hydrogen-bond donors (Lipinski definition) is 1. The molecule has 2 N–H and O–H groups in total. The number of nitrogens with two attached hydrogens (primary N) is 1. The van der Waals surface area contributed by atoms with Crippen molar-refractivity contribution in [2.75, 3.05) is 7.11 Å². The van der Waals surface area contributed by atoms with Gasteiger partial charge in [0.2, 0.25) is 5.91 Å². The van der Waals surface area contributed by atoms with E-state index in [9.17, 15) is 4.79 Å². The second-order valence-corrected chi connectivity index (χ2v) is 6.01. The maximum Gasteiger partial charge on any atom is 0.221 e. The lowest BCUT2D eigenvalue weighted by atomic mass is 10.1. The van der Waals surface area contributed by atoms with Gasteiger partial charge in [-0.05, 0) is 43.0 Å². The van der Waals surface area contributed by atoms with Gasteiger partial charge in [-0.2, -0.15) is 0 Å². The number of benzene rings is 1. The molecule has 20 heavy (non-hydrogen) atoms. The fourth-order valence-electron chi connectivity index (χ4n) is 1.70. The topological polar surface area (TPSA) is 52.3 Å². The molecule has 0 saturated heterocycles. The molecule has 0 aliphatic rings. The van der Waals surface area contributed by atoms with Gasteiger partial charge in [-0.15, -0.1) is 6.58 Å². The standard InChI is InChI=1S/C9H10BrNO2.C7H14/c1-13-7-2-3-8(10)6(4-7)5-9(11)12;1-6(2)5-7(3)4/h2-4H,5H2,1H3,(H2,11,12);7H,1,5H2,2-4H3. The van der Waals surface area contributed by atoms with Crippen LogP contribution in [0.15, 0.2) is 34.8 Å². The summed E-state index contributed by atoms with van der Waals surface area (Å²) in [5, 5.41) is 0. The molecule has 0 aliphatic heterocycles. The highest BCUT2D eigenvalue weighted by atomic mass is 79.9. The van der Waals surface area contributed by atoms with Gasteiger partial charge >= 0.3 is 0 Å². The molecule has 1 rings (SSSR count). The molecule has 112 valence electrons. The predicted octanol–water partition coefficient (Wildman–Crippen LogP) is 4.09. The van der Waals surface area contributed by atoms with Gasteiger partial charge in [-0.3, -0.25) is 4.79 Å². The minimum Gasteiger partial charge on any atom is -0.497 e. The van der Waals surface area contributed by atoms with Gasteiger partial charge in [-0.25, -0.2) is 0 Å². The largest absolute Gasteiger partial charge is 0.497 e. The number of allylic oxidation sites excluding steroid dienone is 1. The quantitative estimate of drug-likeness (QED) is 0.820. The van der Waals surface area contributed by atoms with E-state index in [2.05, 4.69) is 43.3 Å². The summed E-state index contributed by atoms with van der Waals surface area (Å²) in [6.45, 7) is 10.3. The van der Waals surface area contributed by atoms with Crippen molar-refractivity contribution < 1.29 is 9.53 Å². The van der Waals surface area contributed by atoms with E-state index >= 15 is 0 Å². The number of carbonyl (C=O) groups is 1. The number of primary amides is 1. The highest BCUT2D eigenvalue weighted by Gasteiger charge is 2.04. The van der Waals surface area contributed by atoms with Crippen LogP contribution >= 0.6 is 15.9 Å². The average molecular weight is 342 g/mol. The normalized spacial score (nSPS) is 9.70. The van der Waals surface area contributed by atoms with Gasteiger partial charge in [0.05, 0.1) is 13.5 Å². The number of methoxy groups -OCH3 is 1. The fraction of sp³-hybridized carbons (Fsp3) is 0.438. The van der Waals surface area contributed by atoms with Crippen molar-refractivity contribution in [1.82, 2.24) is 0 Å². The third-order valence-electron chi connectivity index (χ3n) is 2.37. The lowest BCUT2D eigenvalue weighted by Crippen LogP contribution is -2.13. The molecular formula is C16H24BrNO2. The van der Waals surface area contributed by atoms with Crippen LogP contribution < -0.4 is 10.5 Å². The molecule has 0 aromatic heterocycles. The van der Waals surface area contributed by atoms with E-state index in [0.29, 0.717) is 0 Å². The molecule has 0 bridgehead atoms. The molecule has 1 aromatic carbocycles. The maximum absolute atomic E-state index is 10.7. The third kappa shape index (κ3) is 8.75. The van der Waals surface area contributed by atoms with Gasteiger partial charge in [0, 0.05) is 4.47 Å². The van der Waals surface area contributed by atoms with E-state index in [4.69, 9.17) is 10.5 Å². The molecule has 0 spiro atoms. The molecule has 0 unspecified atom stereocenters. The van der Waals surface area contributed by atoms with E-state index < -0.39 is 0 Å². The Hall–Kier alpha value is -1.29. The number of carbonyl (C=O) groups excluding carboxylic acids is 1. The van der Waals surface area contributed by atoms with E-state index in [0.717, 1.165) is 21.7 Å². The van der Waals surface area contributed by atoms with Crippen LogP contribution in [0, 0.1) is 5.92 Å². The maximum atomic E-state index is 10.7. The summed E-state index contributed by atoms with van der Waals surface area (Å²) in [6.07, 6.45) is 1.39. The lowest BCUT2D eigenvalue weighted by molar-refractivity contribution is -0.117. The summed E-state index contributed by atoms with van der Waals surface area (Å²) in [6, 6.07) is 5.43. The van der Waals surface area contributed by atoms with Gasteiger partial charge in [0.1, 0.15) is 5.75 Å². The fourth-order valence-corrected chi connectivity index (χ4v) is 2.08. The first-order valence-electron chi connectivity index (χ1n) is 6.51. The molecule has 3 nitrogen and oxygen atoms in total. The Balaban J connectivity index is 0.000000441. The van der Waals surface area contributed by atoms with Crippen molar-refractivity contribution in [2.24, 2.45) is 11.7 Å². The summed E-state index contributed by atoms with van der Waals surface area (Å²) >= 11 is 3.32. The van der Waals surface area contributed by atoms with Crippen LogP contribution in [-0.4, -0.2) is 13.0 Å². The van der Waals surface area contributed by atoms with Crippen LogP contribution in [0.1, 0.15) is 32.8 Å². The van der Waals surface area contributed by atoms with Crippen molar-refractivity contribution in [2.45, 2.75) is 33.6 Å². The number of halogens is 1. The molecule has 1 amide bonds. The van der Waals surface area contributed by atoms with E-state index in [1.807, 2.05) is 12.1 Å². The monoisotopic (exact) mass is 341 g/mol. The van der Waals surface area contributed by atoms with Gasteiger partial charge < -0.3 is 10.5 Å². The van der Waals surface area contributed by atoms with Crippen LogP contribution in [0.5, 0.6) is 5.75 Å². The summed E-state index contributed by atoms with van der Waals surface area (Å²) in [5.41, 5.74) is 7.21. The van der Waals surface area contributed by atoms with Crippen LogP contribution in [0.4, 0.5) is 0 Å². The van der Waals surface area contributed by atoms with Crippen molar-refractivity contribution in [3.05, 3.63) is 40.4 Å². The molecule has 0 radical (unpaired) electrons.